The topological polar surface area (TPSA) is 60.2 Å². The quantitative estimate of drug-likeness (QED) is 0.685. The molecule has 0 aliphatic heterocycles. The normalized spacial score (nSPS) is 12.7. The van der Waals surface area contributed by atoms with Crippen LogP contribution in [0.5, 0.6) is 0 Å². The molecule has 0 atom stereocenters. The van der Waals surface area contributed by atoms with Gasteiger partial charge in [0, 0.05) is 16.3 Å². The third-order valence-corrected chi connectivity index (χ3v) is 6.86. The molecule has 0 heterocycles. The Balaban J connectivity index is 2.65. The number of benzene rings is 1. The molecule has 0 spiro atoms. The molecular formula is C12H18ClNO2S2. The molecule has 0 unspecified atom stereocenters. The lowest BCUT2D eigenvalue weighted by molar-refractivity contribution is 0.562. The van der Waals surface area contributed by atoms with Gasteiger partial charge in [-0.3, -0.25) is 0 Å². The van der Waals surface area contributed by atoms with Crippen LogP contribution in [-0.4, -0.2) is 24.7 Å². The van der Waals surface area contributed by atoms with Crippen molar-refractivity contribution in [3.05, 3.63) is 23.2 Å². The third-order valence-electron chi connectivity index (χ3n) is 2.50. The molecule has 1 rings (SSSR count). The molecule has 0 saturated heterocycles. The summed E-state index contributed by atoms with van der Waals surface area (Å²) in [5.74, 6) is 0.606. The highest BCUT2D eigenvalue weighted by Crippen LogP contribution is 2.29. The van der Waals surface area contributed by atoms with Crippen LogP contribution in [-0.2, 0) is 9.84 Å². The van der Waals surface area contributed by atoms with Gasteiger partial charge in [0.05, 0.1) is 15.5 Å². The first kappa shape index (κ1) is 15.7. The Bertz CT molecular complexity index is 521. The summed E-state index contributed by atoms with van der Waals surface area (Å²) in [5, 5.41) is 0.599. The van der Waals surface area contributed by atoms with Gasteiger partial charge in [-0.2, -0.15) is 0 Å². The predicted molar refractivity (Wildman–Crippen MR) is 80.1 cm³/mol. The molecule has 6 heteroatoms. The Hall–Kier alpha value is -0.390. The summed E-state index contributed by atoms with van der Waals surface area (Å²) in [4.78, 5) is 0.820. The van der Waals surface area contributed by atoms with Crippen molar-refractivity contribution >= 4 is 38.9 Å². The average molecular weight is 308 g/mol. The van der Waals surface area contributed by atoms with Crippen LogP contribution >= 0.6 is 23.4 Å². The molecule has 2 N–H and O–H groups in total. The second kappa shape index (κ2) is 5.72. The van der Waals surface area contributed by atoms with E-state index in [0.29, 0.717) is 16.5 Å². The van der Waals surface area contributed by atoms with Crippen LogP contribution < -0.4 is 5.73 Å². The molecule has 0 aromatic heterocycles. The summed E-state index contributed by atoms with van der Waals surface area (Å²) < 4.78 is 23.1. The van der Waals surface area contributed by atoms with Gasteiger partial charge in [0.1, 0.15) is 0 Å². The van der Waals surface area contributed by atoms with Gasteiger partial charge in [0.2, 0.25) is 0 Å². The lowest BCUT2D eigenvalue weighted by Gasteiger charge is -2.18. The monoisotopic (exact) mass is 307 g/mol. The Morgan fingerprint density at radius 3 is 2.50 bits per heavy atom. The van der Waals surface area contributed by atoms with Crippen molar-refractivity contribution in [1.82, 2.24) is 0 Å². The minimum Gasteiger partial charge on any atom is -0.399 e. The molecule has 0 aliphatic rings. The van der Waals surface area contributed by atoms with Crippen LogP contribution in [0.4, 0.5) is 5.69 Å². The van der Waals surface area contributed by atoms with Gasteiger partial charge in [0.25, 0.3) is 0 Å². The van der Waals surface area contributed by atoms with Crippen molar-refractivity contribution in [2.75, 3.05) is 17.2 Å². The summed E-state index contributed by atoms with van der Waals surface area (Å²) in [5.41, 5.74) is 6.29. The van der Waals surface area contributed by atoms with Crippen molar-refractivity contribution in [2.24, 2.45) is 0 Å². The van der Waals surface area contributed by atoms with E-state index < -0.39 is 14.6 Å². The Morgan fingerprint density at radius 2 is 1.94 bits per heavy atom. The predicted octanol–water partition coefficient (Wildman–Crippen LogP) is 3.23. The fourth-order valence-electron chi connectivity index (χ4n) is 1.20. The number of hydrogen-bond donors (Lipinski definition) is 1. The molecule has 0 fully saturated rings. The molecule has 1 aromatic carbocycles. The second-order valence-electron chi connectivity index (χ2n) is 4.97. The molecule has 0 saturated carbocycles. The van der Waals surface area contributed by atoms with Crippen molar-refractivity contribution in [3.8, 4) is 0 Å². The van der Waals surface area contributed by atoms with Crippen molar-refractivity contribution < 1.29 is 8.42 Å². The van der Waals surface area contributed by atoms with Crippen LogP contribution in [0.1, 0.15) is 20.8 Å². The lowest BCUT2D eigenvalue weighted by atomic mass is 10.3. The number of sulfone groups is 1. The molecule has 3 nitrogen and oxygen atoms in total. The van der Waals surface area contributed by atoms with Gasteiger partial charge in [-0.05, 0) is 39.0 Å². The zero-order chi connectivity index (χ0) is 14.0. The first-order valence-electron chi connectivity index (χ1n) is 5.53. The van der Waals surface area contributed by atoms with E-state index in [1.165, 1.54) is 11.8 Å². The minimum atomic E-state index is -3.09. The minimum absolute atomic E-state index is 0.131. The number of hydrogen-bond acceptors (Lipinski definition) is 4. The van der Waals surface area contributed by atoms with Crippen LogP contribution in [0.15, 0.2) is 23.1 Å². The van der Waals surface area contributed by atoms with E-state index in [9.17, 15) is 8.42 Å². The number of halogens is 1. The van der Waals surface area contributed by atoms with Gasteiger partial charge in [-0.25, -0.2) is 8.42 Å². The number of thioether (sulfide) groups is 1. The van der Waals surface area contributed by atoms with E-state index in [-0.39, 0.29) is 5.75 Å². The molecule has 0 amide bonds. The fraction of sp³-hybridized carbons (Fsp3) is 0.500. The maximum absolute atomic E-state index is 11.9. The number of nitrogen functional groups attached to an aromatic ring is 1. The van der Waals surface area contributed by atoms with Crippen molar-refractivity contribution in [1.29, 1.82) is 0 Å². The standard InChI is InChI=1S/C12H18ClNO2S2/c1-12(2,3)18(15,16)7-6-17-11-8-9(14)4-5-10(11)13/h4-5,8H,6-7,14H2,1-3H3. The van der Waals surface area contributed by atoms with E-state index in [4.69, 9.17) is 17.3 Å². The van der Waals surface area contributed by atoms with E-state index in [1.807, 2.05) is 0 Å². The third kappa shape index (κ3) is 4.07. The first-order chi connectivity index (χ1) is 8.13. The van der Waals surface area contributed by atoms with Gasteiger partial charge >= 0.3 is 0 Å². The Kier molecular flexibility index (Phi) is 4.98. The lowest BCUT2D eigenvalue weighted by Crippen LogP contribution is -2.31. The van der Waals surface area contributed by atoms with Crippen LogP contribution in [0.25, 0.3) is 0 Å². The van der Waals surface area contributed by atoms with Gasteiger partial charge in [-0.15, -0.1) is 11.8 Å². The zero-order valence-corrected chi connectivity index (χ0v) is 13.1. The van der Waals surface area contributed by atoms with Crippen molar-refractivity contribution in [2.45, 2.75) is 30.4 Å². The van der Waals surface area contributed by atoms with Crippen LogP contribution in [0.3, 0.4) is 0 Å². The zero-order valence-electron chi connectivity index (χ0n) is 10.7. The summed E-state index contributed by atoms with van der Waals surface area (Å²) >= 11 is 7.42. The first-order valence-corrected chi connectivity index (χ1v) is 8.55. The summed E-state index contributed by atoms with van der Waals surface area (Å²) in [6.07, 6.45) is 0. The van der Waals surface area contributed by atoms with Crippen LogP contribution in [0.2, 0.25) is 5.02 Å². The van der Waals surface area contributed by atoms with Crippen LogP contribution in [0, 0.1) is 0 Å². The Labute approximate surface area is 118 Å². The van der Waals surface area contributed by atoms with E-state index >= 15 is 0 Å². The maximum Gasteiger partial charge on any atom is 0.156 e. The smallest absolute Gasteiger partial charge is 0.156 e. The highest BCUT2D eigenvalue weighted by molar-refractivity contribution is 8.01. The summed E-state index contributed by atoms with van der Waals surface area (Å²) in [7, 11) is -3.09. The average Bonchev–Trinajstić information content (AvgIpc) is 2.21. The fourth-order valence-corrected chi connectivity index (χ4v) is 3.95. The summed E-state index contributed by atoms with van der Waals surface area (Å²) in [6.45, 7) is 5.13. The van der Waals surface area contributed by atoms with Gasteiger partial charge in [-0.1, -0.05) is 11.6 Å². The molecule has 0 radical (unpaired) electrons. The van der Waals surface area contributed by atoms with E-state index in [0.717, 1.165) is 4.90 Å². The highest BCUT2D eigenvalue weighted by atomic mass is 35.5. The van der Waals surface area contributed by atoms with E-state index in [2.05, 4.69) is 0 Å². The largest absolute Gasteiger partial charge is 0.399 e. The van der Waals surface area contributed by atoms with E-state index in [1.54, 1.807) is 39.0 Å². The SMILES string of the molecule is CC(C)(C)S(=O)(=O)CCSc1cc(N)ccc1Cl. The number of nitrogens with two attached hydrogens (primary N) is 1. The van der Waals surface area contributed by atoms with Gasteiger partial charge < -0.3 is 5.73 Å². The maximum atomic E-state index is 11.9. The summed E-state index contributed by atoms with van der Waals surface area (Å²) in [6, 6.07) is 5.20. The molecule has 1 aromatic rings. The molecular weight excluding hydrogens is 290 g/mol. The Morgan fingerprint density at radius 1 is 1.33 bits per heavy atom. The number of rotatable bonds is 4. The molecule has 0 aliphatic carbocycles. The van der Waals surface area contributed by atoms with Crippen molar-refractivity contribution in [3.63, 3.8) is 0 Å². The molecule has 18 heavy (non-hydrogen) atoms. The molecule has 102 valence electrons. The highest BCUT2D eigenvalue weighted by Gasteiger charge is 2.28. The number of anilines is 1. The second-order valence-corrected chi connectivity index (χ2v) is 9.38. The molecule has 0 bridgehead atoms. The van der Waals surface area contributed by atoms with Gasteiger partial charge in [0.15, 0.2) is 9.84 Å².